The van der Waals surface area contributed by atoms with Gasteiger partial charge in [-0.25, -0.2) is 9.97 Å². The summed E-state index contributed by atoms with van der Waals surface area (Å²) in [5.74, 6) is 1.18. The first-order valence-corrected chi connectivity index (χ1v) is 6.56. The third-order valence-electron chi connectivity index (χ3n) is 3.06. The van der Waals surface area contributed by atoms with E-state index in [1.54, 1.807) is 6.07 Å². The van der Waals surface area contributed by atoms with Crippen LogP contribution in [0.2, 0.25) is 5.15 Å². The van der Waals surface area contributed by atoms with Gasteiger partial charge in [0.05, 0.1) is 5.60 Å². The molecule has 18 heavy (non-hydrogen) atoms. The summed E-state index contributed by atoms with van der Waals surface area (Å²) in [5.41, 5.74) is -0.586. The van der Waals surface area contributed by atoms with Crippen molar-refractivity contribution in [3.8, 4) is 0 Å². The van der Waals surface area contributed by atoms with E-state index in [1.807, 2.05) is 6.92 Å². The van der Waals surface area contributed by atoms with Crippen molar-refractivity contribution in [1.82, 2.24) is 9.97 Å². The molecule has 0 bridgehead atoms. The first-order chi connectivity index (χ1) is 8.61. The molecular formula is C12H18ClN3O2. The lowest BCUT2D eigenvalue weighted by Crippen LogP contribution is -2.43. The van der Waals surface area contributed by atoms with Crippen LogP contribution in [0.4, 0.5) is 5.82 Å². The maximum absolute atomic E-state index is 9.99. The molecule has 1 fully saturated rings. The zero-order valence-electron chi connectivity index (χ0n) is 10.4. The quantitative estimate of drug-likeness (QED) is 0.775. The van der Waals surface area contributed by atoms with Crippen LogP contribution in [0.5, 0.6) is 0 Å². The van der Waals surface area contributed by atoms with Gasteiger partial charge < -0.3 is 15.2 Å². The zero-order chi connectivity index (χ0) is 13.0. The SMILES string of the molecule is CCOCc1nc(Cl)cc(NCC2(O)CCC2)n1. The standard InChI is InChI=1S/C12H18ClN3O2/c1-2-18-7-11-15-9(13)6-10(16-11)14-8-12(17)4-3-5-12/h6,17H,2-5,7-8H2,1H3,(H,14,15,16). The molecule has 0 aliphatic heterocycles. The predicted molar refractivity (Wildman–Crippen MR) is 69.7 cm³/mol. The summed E-state index contributed by atoms with van der Waals surface area (Å²) in [6.07, 6.45) is 2.76. The van der Waals surface area contributed by atoms with Crippen molar-refractivity contribution >= 4 is 17.4 Å². The Balaban J connectivity index is 1.96. The number of hydrogen-bond donors (Lipinski definition) is 2. The Kier molecular flexibility index (Phi) is 4.37. The molecule has 1 saturated carbocycles. The van der Waals surface area contributed by atoms with E-state index in [4.69, 9.17) is 16.3 Å². The molecule has 0 spiro atoms. The Morgan fingerprint density at radius 2 is 2.28 bits per heavy atom. The molecule has 1 heterocycles. The molecule has 0 saturated heterocycles. The van der Waals surface area contributed by atoms with Crippen molar-refractivity contribution in [3.63, 3.8) is 0 Å². The third kappa shape index (κ3) is 3.54. The number of rotatable bonds is 6. The first kappa shape index (κ1) is 13.5. The van der Waals surface area contributed by atoms with Crippen LogP contribution in [-0.2, 0) is 11.3 Å². The van der Waals surface area contributed by atoms with Gasteiger partial charge in [0.25, 0.3) is 0 Å². The van der Waals surface area contributed by atoms with Gasteiger partial charge in [0.15, 0.2) is 5.82 Å². The Bertz CT molecular complexity index is 410. The number of aliphatic hydroxyl groups is 1. The van der Waals surface area contributed by atoms with E-state index < -0.39 is 5.60 Å². The second-order valence-corrected chi connectivity index (χ2v) is 4.95. The van der Waals surface area contributed by atoms with Crippen LogP contribution in [0, 0.1) is 0 Å². The number of anilines is 1. The lowest BCUT2D eigenvalue weighted by molar-refractivity contribution is -0.0202. The minimum absolute atomic E-state index is 0.343. The topological polar surface area (TPSA) is 67.3 Å². The van der Waals surface area contributed by atoms with Crippen LogP contribution in [0.15, 0.2) is 6.07 Å². The van der Waals surface area contributed by atoms with Crippen LogP contribution in [-0.4, -0.2) is 33.8 Å². The smallest absolute Gasteiger partial charge is 0.158 e. The fraction of sp³-hybridized carbons (Fsp3) is 0.667. The average molecular weight is 272 g/mol. The van der Waals surface area contributed by atoms with Crippen LogP contribution >= 0.6 is 11.6 Å². The molecule has 1 aromatic rings. The number of aromatic nitrogens is 2. The zero-order valence-corrected chi connectivity index (χ0v) is 11.2. The summed E-state index contributed by atoms with van der Waals surface area (Å²) >= 11 is 5.92. The number of nitrogens with zero attached hydrogens (tertiary/aromatic N) is 2. The maximum Gasteiger partial charge on any atom is 0.158 e. The van der Waals surface area contributed by atoms with Gasteiger partial charge in [0.1, 0.15) is 17.6 Å². The highest BCUT2D eigenvalue weighted by Gasteiger charge is 2.34. The van der Waals surface area contributed by atoms with Gasteiger partial charge in [-0.05, 0) is 26.2 Å². The second-order valence-electron chi connectivity index (χ2n) is 4.56. The molecule has 5 nitrogen and oxygen atoms in total. The summed E-state index contributed by atoms with van der Waals surface area (Å²) in [5, 5.41) is 13.5. The van der Waals surface area contributed by atoms with Gasteiger partial charge in [-0.2, -0.15) is 0 Å². The van der Waals surface area contributed by atoms with E-state index in [9.17, 15) is 5.11 Å². The Labute approximate surface area is 112 Å². The number of halogens is 1. The van der Waals surface area contributed by atoms with E-state index in [1.165, 1.54) is 0 Å². The lowest BCUT2D eigenvalue weighted by Gasteiger charge is -2.36. The Hall–Kier alpha value is -0.910. The molecule has 0 unspecified atom stereocenters. The fourth-order valence-corrected chi connectivity index (χ4v) is 2.03. The predicted octanol–water partition coefficient (Wildman–Crippen LogP) is 1.99. The molecule has 1 aromatic heterocycles. The van der Waals surface area contributed by atoms with E-state index in [0.29, 0.717) is 36.6 Å². The highest BCUT2D eigenvalue weighted by molar-refractivity contribution is 6.29. The molecule has 0 amide bonds. The minimum atomic E-state index is -0.586. The van der Waals surface area contributed by atoms with E-state index in [2.05, 4.69) is 15.3 Å². The normalized spacial score (nSPS) is 17.3. The van der Waals surface area contributed by atoms with Crippen LogP contribution in [0.3, 0.4) is 0 Å². The molecule has 100 valence electrons. The van der Waals surface area contributed by atoms with Gasteiger partial charge in [0.2, 0.25) is 0 Å². The van der Waals surface area contributed by atoms with E-state index in [-0.39, 0.29) is 0 Å². The van der Waals surface area contributed by atoms with Gasteiger partial charge in [0, 0.05) is 19.2 Å². The summed E-state index contributed by atoms with van der Waals surface area (Å²) in [6.45, 7) is 3.36. The van der Waals surface area contributed by atoms with Crippen molar-refractivity contribution in [3.05, 3.63) is 17.0 Å². The van der Waals surface area contributed by atoms with Crippen LogP contribution in [0.1, 0.15) is 32.0 Å². The Morgan fingerprint density at radius 3 is 2.89 bits per heavy atom. The van der Waals surface area contributed by atoms with E-state index >= 15 is 0 Å². The first-order valence-electron chi connectivity index (χ1n) is 6.19. The molecule has 0 radical (unpaired) electrons. The highest BCUT2D eigenvalue weighted by Crippen LogP contribution is 2.31. The van der Waals surface area contributed by atoms with Crippen molar-refractivity contribution in [1.29, 1.82) is 0 Å². The van der Waals surface area contributed by atoms with Crippen molar-refractivity contribution < 1.29 is 9.84 Å². The van der Waals surface area contributed by atoms with E-state index in [0.717, 1.165) is 19.3 Å². The fourth-order valence-electron chi connectivity index (χ4n) is 1.83. The molecular weight excluding hydrogens is 254 g/mol. The molecule has 0 atom stereocenters. The summed E-state index contributed by atoms with van der Waals surface area (Å²) < 4.78 is 5.25. The molecule has 0 aromatic carbocycles. The van der Waals surface area contributed by atoms with Crippen molar-refractivity contribution in [2.45, 2.75) is 38.4 Å². The molecule has 1 aliphatic carbocycles. The monoisotopic (exact) mass is 271 g/mol. The molecule has 6 heteroatoms. The highest BCUT2D eigenvalue weighted by atomic mass is 35.5. The summed E-state index contributed by atoms with van der Waals surface area (Å²) in [6, 6.07) is 1.65. The lowest BCUT2D eigenvalue weighted by atomic mass is 9.80. The number of ether oxygens (including phenoxy) is 1. The van der Waals surface area contributed by atoms with Gasteiger partial charge >= 0.3 is 0 Å². The number of hydrogen-bond acceptors (Lipinski definition) is 5. The Morgan fingerprint density at radius 1 is 1.50 bits per heavy atom. The summed E-state index contributed by atoms with van der Waals surface area (Å²) in [7, 11) is 0. The van der Waals surface area contributed by atoms with Crippen LogP contribution in [0.25, 0.3) is 0 Å². The van der Waals surface area contributed by atoms with Crippen molar-refractivity contribution in [2.75, 3.05) is 18.5 Å². The molecule has 2 rings (SSSR count). The average Bonchev–Trinajstić information content (AvgIpc) is 2.31. The number of nitrogens with one attached hydrogen (secondary N) is 1. The minimum Gasteiger partial charge on any atom is -0.388 e. The molecule has 1 aliphatic rings. The third-order valence-corrected chi connectivity index (χ3v) is 3.25. The van der Waals surface area contributed by atoms with Gasteiger partial charge in [-0.15, -0.1) is 0 Å². The summed E-state index contributed by atoms with van der Waals surface area (Å²) in [4.78, 5) is 8.37. The van der Waals surface area contributed by atoms with Crippen molar-refractivity contribution in [2.24, 2.45) is 0 Å². The largest absolute Gasteiger partial charge is 0.388 e. The van der Waals surface area contributed by atoms with Gasteiger partial charge in [-0.3, -0.25) is 0 Å². The maximum atomic E-state index is 9.99. The van der Waals surface area contributed by atoms with Gasteiger partial charge in [-0.1, -0.05) is 11.6 Å². The second kappa shape index (κ2) is 5.82. The molecule has 2 N–H and O–H groups in total. The van der Waals surface area contributed by atoms with Crippen LogP contribution < -0.4 is 5.32 Å².